The lowest BCUT2D eigenvalue weighted by molar-refractivity contribution is 1.81. The molecule has 0 aromatic heterocycles. The second kappa shape index (κ2) is 19.5. The lowest BCUT2D eigenvalue weighted by Gasteiger charge is -2.33. The Balaban J connectivity index is 1.44. The van der Waals surface area contributed by atoms with Crippen molar-refractivity contribution in [3.63, 3.8) is 0 Å². The van der Waals surface area contributed by atoms with Crippen molar-refractivity contribution in [2.24, 2.45) is 0 Å². The second-order valence-corrected chi connectivity index (χ2v) is 26.6. The number of hydrogen-bond acceptors (Lipinski definition) is 0. The summed E-state index contributed by atoms with van der Waals surface area (Å²) in [5, 5.41) is 14.4. The molecule has 10 aromatic carbocycles. The van der Waals surface area contributed by atoms with Gasteiger partial charge >= 0.3 is 0 Å². The van der Waals surface area contributed by atoms with E-state index in [1.165, 1.54) is 273 Å². The van der Waals surface area contributed by atoms with Crippen LogP contribution in [0.1, 0.15) is 0 Å². The predicted octanol–water partition coefficient (Wildman–Crippen LogP) is -40.4. The zero-order chi connectivity index (χ0) is 59.6. The minimum absolute atomic E-state index is 0.960. The van der Waals surface area contributed by atoms with E-state index in [2.05, 4.69) is 235 Å². The summed E-state index contributed by atoms with van der Waals surface area (Å²) in [6.45, 7) is 0. The molecule has 0 radical (unpaired) electrons. The van der Waals surface area contributed by atoms with Crippen LogP contribution in [0.15, 0.2) is 0 Å². The largest absolute Gasteiger partial charge is 0.192 e. The standard InChI is InChI=1S/C50H61B31/c51-19-13(30(62)31(63)16-14(19)32(64)43(75)45(77)34(16)66)11-10-9(28(60)41(73)42(74)29(10)61)7(21(53)22(11)54)1-3-5(25(57)39(71)37(69)23(3)55)2(6-4(1)24(56)38(70)40(72)26(6)58)8-12-18-20(52)15-17(35(67)46(78)44(76)33(15)65)36(68)50(18)81-49(12)48(80)47(79)27(8)59/h81H,51-80H2. The van der Waals surface area contributed by atoms with Crippen molar-refractivity contribution in [1.82, 2.24) is 0 Å². The van der Waals surface area contributed by atoms with Gasteiger partial charge in [-0.25, -0.2) is 0 Å². The van der Waals surface area contributed by atoms with E-state index in [1.54, 1.807) is 0 Å². The van der Waals surface area contributed by atoms with Crippen LogP contribution in [0.3, 0.4) is 0 Å². The van der Waals surface area contributed by atoms with Gasteiger partial charge in [0.05, 0.1) is 0 Å². The Bertz CT molecular complexity index is 4690. The minimum atomic E-state index is 0.960. The molecule has 0 nitrogen and oxygen atoms in total. The first kappa shape index (κ1) is 58.3. The fraction of sp³-hybridized carbons (Fsp3) is 0. The first-order valence-corrected chi connectivity index (χ1v) is 30.5. The van der Waals surface area contributed by atoms with Gasteiger partial charge in [-0.15, -0.1) is 65.6 Å². The third-order valence-electron chi connectivity index (χ3n) is 24.0. The zero-order valence-electron chi connectivity index (χ0n) is 55.7. The summed E-state index contributed by atoms with van der Waals surface area (Å²) in [6, 6.07) is 0. The van der Waals surface area contributed by atoms with Gasteiger partial charge in [0.2, 0.25) is 0 Å². The Morgan fingerprint density at radius 1 is 0.111 bits per heavy atom. The van der Waals surface area contributed by atoms with E-state index in [-0.39, 0.29) is 0 Å². The zero-order valence-corrected chi connectivity index (χ0v) is 55.7. The molecule has 11 rings (SSSR count). The highest BCUT2D eigenvalue weighted by atomic mass is 14.3. The molecular weight excluding hydrogens is 936 g/mol. The molecule has 0 amide bonds. The Hall–Kier alpha value is -4.49. The molecule has 0 atom stereocenters. The molecule has 1 heterocycles. The van der Waals surface area contributed by atoms with Gasteiger partial charge in [-0.1, -0.05) is 109 Å². The normalized spacial score (nSPS) is 12.0. The summed E-state index contributed by atoms with van der Waals surface area (Å²) < 4.78 is 0. The third-order valence-corrected chi connectivity index (χ3v) is 24.0. The van der Waals surface area contributed by atoms with Crippen LogP contribution in [0.25, 0.3) is 98.4 Å². The van der Waals surface area contributed by atoms with E-state index >= 15 is 0 Å². The predicted molar refractivity (Wildman–Crippen MR) is 467 cm³/mol. The first-order chi connectivity index (χ1) is 37.8. The number of benzene rings is 10. The van der Waals surface area contributed by atoms with Crippen LogP contribution in [0.5, 0.6) is 0 Å². The van der Waals surface area contributed by atoms with E-state index in [9.17, 15) is 0 Å². The Morgan fingerprint density at radius 3 is 0.654 bits per heavy atom. The maximum atomic E-state index is 2.50. The van der Waals surface area contributed by atoms with Crippen molar-refractivity contribution in [2.75, 3.05) is 0 Å². The van der Waals surface area contributed by atoms with E-state index < -0.39 is 0 Å². The Kier molecular flexibility index (Phi) is 14.1. The summed E-state index contributed by atoms with van der Waals surface area (Å²) in [4.78, 5) is 0. The van der Waals surface area contributed by atoms with Crippen molar-refractivity contribution in [2.45, 2.75) is 0 Å². The van der Waals surface area contributed by atoms with Gasteiger partial charge in [0, 0.05) is 0 Å². The Morgan fingerprint density at radius 2 is 0.309 bits per heavy atom. The summed E-state index contributed by atoms with van der Waals surface area (Å²) in [5.41, 5.74) is 57.0. The molecule has 0 saturated heterocycles. The van der Waals surface area contributed by atoms with Crippen molar-refractivity contribution < 1.29 is 0 Å². The lowest BCUT2D eigenvalue weighted by atomic mass is 9.54. The molecule has 0 aliphatic carbocycles. The molecule has 0 unspecified atom stereocenters. The van der Waals surface area contributed by atoms with Crippen LogP contribution in [0, 0.1) is 0 Å². The van der Waals surface area contributed by atoms with E-state index in [0.717, 1.165) is 7.28 Å². The number of rotatable bonds is 3. The van der Waals surface area contributed by atoms with Crippen LogP contribution in [-0.2, 0) is 0 Å². The second-order valence-electron chi connectivity index (χ2n) is 26.6. The van der Waals surface area contributed by atoms with Crippen LogP contribution < -0.4 is 175 Å². The highest BCUT2D eigenvalue weighted by Crippen LogP contribution is 2.44. The lowest BCUT2D eigenvalue weighted by Crippen LogP contribution is -2.53. The molecular formula is C50H61B31. The van der Waals surface area contributed by atoms with Crippen LogP contribution in [0.2, 0.25) is 0 Å². The van der Waals surface area contributed by atoms with Crippen molar-refractivity contribution in [3.05, 3.63) is 0 Å². The molecule has 1 aliphatic rings. The van der Waals surface area contributed by atoms with Gasteiger partial charge in [-0.05, 0) is 98.4 Å². The SMILES string of the molecule is Bc1c(B)c2c(c(-c3c4c(B)c(B)c(B)c(B)c4c(-c4c(B)c(B)c(-c5c(B)c(B)c6c(B)c(B)c(B)c(B)c6c5B)c5c(B)c(B)c(B)c(B)c45)c4c(B)c(B)c(B)c(B)c34)c1B)-c1c(c(B)c3c(B)c(B)c(B)c(B)c3c1B)B2. The molecule has 10 aromatic rings. The highest BCUT2D eigenvalue weighted by Gasteiger charge is 2.36. The van der Waals surface area contributed by atoms with Gasteiger partial charge in [-0.3, -0.25) is 0 Å². The molecule has 0 spiro atoms. The fourth-order valence-electron chi connectivity index (χ4n) is 17.0. The topological polar surface area (TPSA) is 0 Å². The maximum absolute atomic E-state index is 2.50. The molecule has 0 N–H and O–H groups in total. The summed E-state index contributed by atoms with van der Waals surface area (Å²) in [7, 11) is 73.5. The van der Waals surface area contributed by atoms with Crippen molar-refractivity contribution >= 4 is 471 Å². The molecule has 0 saturated carbocycles. The summed E-state index contributed by atoms with van der Waals surface area (Å²) in [5.74, 6) is 0. The van der Waals surface area contributed by atoms with Gasteiger partial charge in [0.25, 0.3) is 0 Å². The van der Waals surface area contributed by atoms with Gasteiger partial charge in [-0.2, -0.15) is 0 Å². The number of fused-ring (bicyclic) bond motifs is 8. The van der Waals surface area contributed by atoms with E-state index in [4.69, 9.17) is 0 Å². The smallest absolute Gasteiger partial charge is 0.101 e. The first-order valence-electron chi connectivity index (χ1n) is 30.5. The molecule has 0 bridgehead atoms. The van der Waals surface area contributed by atoms with Crippen LogP contribution >= 0.6 is 0 Å². The molecule has 0 fully saturated rings. The fourth-order valence-corrected chi connectivity index (χ4v) is 17.0. The van der Waals surface area contributed by atoms with Gasteiger partial charge in [0.1, 0.15) is 235 Å². The minimum Gasteiger partial charge on any atom is -0.101 e. The van der Waals surface area contributed by atoms with E-state index in [1.807, 2.05) is 0 Å². The monoisotopic (exact) mass is 1000 g/mol. The maximum Gasteiger partial charge on any atom is 0.192 e. The van der Waals surface area contributed by atoms with Crippen molar-refractivity contribution in [3.8, 4) is 44.5 Å². The molecule has 81 heavy (non-hydrogen) atoms. The van der Waals surface area contributed by atoms with Gasteiger partial charge in [0.15, 0.2) is 7.28 Å². The average molecular weight is 997 g/mol. The number of hydrogen-bond donors (Lipinski definition) is 0. The average Bonchev–Trinajstić information content (AvgIpc) is 3.08. The van der Waals surface area contributed by atoms with Crippen LogP contribution in [-0.4, -0.2) is 243 Å². The summed E-state index contributed by atoms with van der Waals surface area (Å²) >= 11 is 0. The van der Waals surface area contributed by atoms with Crippen molar-refractivity contribution in [1.29, 1.82) is 0 Å². The third kappa shape index (κ3) is 7.36. The van der Waals surface area contributed by atoms with E-state index in [0.29, 0.717) is 0 Å². The quantitative estimate of drug-likeness (QED) is 0.122. The molecule has 31 heteroatoms. The Labute approximate surface area is 512 Å². The molecule has 354 valence electrons. The van der Waals surface area contributed by atoms with Crippen LogP contribution in [0.4, 0.5) is 0 Å². The summed E-state index contributed by atoms with van der Waals surface area (Å²) in [6.07, 6.45) is 0. The van der Waals surface area contributed by atoms with Gasteiger partial charge < -0.3 is 0 Å². The molecule has 1 aliphatic heterocycles. The highest BCUT2D eigenvalue weighted by molar-refractivity contribution is 6.87.